The van der Waals surface area contributed by atoms with E-state index in [0.29, 0.717) is 5.92 Å². The zero-order valence-electron chi connectivity index (χ0n) is 14.3. The summed E-state index contributed by atoms with van der Waals surface area (Å²) in [4.78, 5) is 4.59. The second kappa shape index (κ2) is 7.21. The Bertz CT molecular complexity index is 563. The third-order valence-electron chi connectivity index (χ3n) is 4.83. The third-order valence-corrected chi connectivity index (χ3v) is 4.83. The first-order valence-electron chi connectivity index (χ1n) is 8.48. The van der Waals surface area contributed by atoms with Crippen molar-refractivity contribution in [1.82, 2.24) is 0 Å². The Morgan fingerprint density at radius 3 is 2.55 bits per heavy atom. The van der Waals surface area contributed by atoms with Gasteiger partial charge in [0, 0.05) is 11.8 Å². The highest BCUT2D eigenvalue weighted by molar-refractivity contribution is 5.76. The molecule has 1 aromatic carbocycles. The van der Waals surface area contributed by atoms with Crippen molar-refractivity contribution in [3.63, 3.8) is 0 Å². The van der Waals surface area contributed by atoms with Crippen LogP contribution in [0.1, 0.15) is 76.8 Å². The molecule has 1 aromatic rings. The van der Waals surface area contributed by atoms with E-state index in [1.165, 1.54) is 12.8 Å². The molecule has 22 heavy (non-hydrogen) atoms. The van der Waals surface area contributed by atoms with E-state index in [1.54, 1.807) is 6.07 Å². The molecule has 120 valence electrons. The maximum Gasteiger partial charge on any atom is 0.127 e. The molecule has 0 atom stereocenters. The fourth-order valence-corrected chi connectivity index (χ4v) is 2.91. The molecule has 0 amide bonds. The van der Waals surface area contributed by atoms with Crippen LogP contribution in [0.5, 0.6) is 0 Å². The van der Waals surface area contributed by atoms with Gasteiger partial charge in [-0.3, -0.25) is 4.99 Å². The third kappa shape index (κ3) is 4.06. The summed E-state index contributed by atoms with van der Waals surface area (Å²) in [7, 11) is 0. The van der Waals surface area contributed by atoms with E-state index >= 15 is 0 Å². The summed E-state index contributed by atoms with van der Waals surface area (Å²) in [5.41, 5.74) is 2.66. The molecule has 1 fully saturated rings. The fourth-order valence-electron chi connectivity index (χ4n) is 2.91. The van der Waals surface area contributed by atoms with E-state index in [1.807, 2.05) is 31.3 Å². The molecule has 0 aliphatic heterocycles. The van der Waals surface area contributed by atoms with Crippen molar-refractivity contribution in [3.05, 3.63) is 41.2 Å². The first kappa shape index (κ1) is 16.9. The first-order chi connectivity index (χ1) is 10.5. The summed E-state index contributed by atoms with van der Waals surface area (Å²) in [6.45, 7) is 8.42. The van der Waals surface area contributed by atoms with E-state index in [-0.39, 0.29) is 11.2 Å². The van der Waals surface area contributed by atoms with Crippen molar-refractivity contribution in [2.75, 3.05) is 0 Å². The van der Waals surface area contributed by atoms with Crippen LogP contribution in [-0.4, -0.2) is 6.21 Å². The lowest BCUT2D eigenvalue weighted by Gasteiger charge is -2.16. The zero-order chi connectivity index (χ0) is 16.2. The van der Waals surface area contributed by atoms with E-state index in [4.69, 9.17) is 0 Å². The van der Waals surface area contributed by atoms with Gasteiger partial charge in [0.2, 0.25) is 0 Å². The largest absolute Gasteiger partial charge is 0.260 e. The van der Waals surface area contributed by atoms with E-state index in [0.717, 1.165) is 36.1 Å². The number of nitrogens with zero attached hydrogens (tertiary/aromatic N) is 1. The minimum Gasteiger partial charge on any atom is -0.260 e. The van der Waals surface area contributed by atoms with Gasteiger partial charge in [-0.25, -0.2) is 4.39 Å². The van der Waals surface area contributed by atoms with Crippen LogP contribution in [0.3, 0.4) is 0 Å². The fraction of sp³-hybridized carbons (Fsp3) is 0.550. The number of aliphatic imine (C=N–C) groups is 1. The van der Waals surface area contributed by atoms with Gasteiger partial charge in [-0.05, 0) is 49.1 Å². The quantitative estimate of drug-likeness (QED) is 0.562. The number of allylic oxidation sites excluding steroid dienone is 1. The van der Waals surface area contributed by atoms with Crippen molar-refractivity contribution in [2.24, 2.45) is 10.4 Å². The van der Waals surface area contributed by atoms with Crippen LogP contribution in [0, 0.1) is 11.2 Å². The van der Waals surface area contributed by atoms with Gasteiger partial charge in [0.25, 0.3) is 0 Å². The maximum atomic E-state index is 14.5. The van der Waals surface area contributed by atoms with Crippen LogP contribution in [0.15, 0.2) is 29.3 Å². The van der Waals surface area contributed by atoms with Crippen molar-refractivity contribution in [2.45, 2.75) is 65.7 Å². The lowest BCUT2D eigenvalue weighted by atomic mass is 9.92. The van der Waals surface area contributed by atoms with Crippen LogP contribution in [0.4, 0.5) is 4.39 Å². The van der Waals surface area contributed by atoms with Crippen LogP contribution in [0.25, 0.3) is 5.70 Å². The molecule has 0 bridgehead atoms. The minimum atomic E-state index is -0.0753. The summed E-state index contributed by atoms with van der Waals surface area (Å²) in [6.07, 6.45) is 9.65. The van der Waals surface area contributed by atoms with Gasteiger partial charge in [0.05, 0.1) is 5.70 Å². The first-order valence-corrected chi connectivity index (χ1v) is 8.48. The van der Waals surface area contributed by atoms with E-state index in [2.05, 4.69) is 25.8 Å². The molecule has 0 heterocycles. The molecule has 0 radical (unpaired) electrons. The Labute approximate surface area is 134 Å². The van der Waals surface area contributed by atoms with Crippen molar-refractivity contribution in [3.8, 4) is 0 Å². The molecule has 1 nitrogen and oxygen atoms in total. The van der Waals surface area contributed by atoms with E-state index < -0.39 is 0 Å². The Morgan fingerprint density at radius 1 is 1.32 bits per heavy atom. The highest BCUT2D eigenvalue weighted by atomic mass is 19.1. The minimum absolute atomic E-state index is 0.0661. The standard InChI is InChI=1S/C20H28FN/c1-5-19(22-14-20(3,4)6-2)16-11-12-17(18(21)13-16)15-9-7-8-10-15/h5,11-15H,6-10H2,1-4H3/b19-5?,22-14+. The molecule has 0 aromatic heterocycles. The molecule has 0 spiro atoms. The van der Waals surface area contributed by atoms with Crippen LogP contribution < -0.4 is 0 Å². The second-order valence-corrected chi connectivity index (χ2v) is 6.99. The molecule has 1 saturated carbocycles. The number of halogens is 1. The highest BCUT2D eigenvalue weighted by Gasteiger charge is 2.20. The highest BCUT2D eigenvalue weighted by Crippen LogP contribution is 2.36. The lowest BCUT2D eigenvalue weighted by molar-refractivity contribution is 0.516. The van der Waals surface area contributed by atoms with E-state index in [9.17, 15) is 4.39 Å². The molecule has 0 N–H and O–H groups in total. The van der Waals surface area contributed by atoms with Crippen molar-refractivity contribution in [1.29, 1.82) is 0 Å². The number of hydrogen-bond acceptors (Lipinski definition) is 1. The predicted molar refractivity (Wildman–Crippen MR) is 93.8 cm³/mol. The number of rotatable bonds is 5. The van der Waals surface area contributed by atoms with Gasteiger partial charge in [-0.15, -0.1) is 0 Å². The monoisotopic (exact) mass is 301 g/mol. The van der Waals surface area contributed by atoms with Crippen molar-refractivity contribution < 1.29 is 4.39 Å². The topological polar surface area (TPSA) is 12.4 Å². The molecule has 1 aliphatic carbocycles. The van der Waals surface area contributed by atoms with Gasteiger partial charge in [0.1, 0.15) is 5.82 Å². The average molecular weight is 301 g/mol. The molecule has 1 aliphatic rings. The summed E-state index contributed by atoms with van der Waals surface area (Å²) in [5, 5.41) is 0. The Morgan fingerprint density at radius 2 is 2.00 bits per heavy atom. The molecule has 0 unspecified atom stereocenters. The van der Waals surface area contributed by atoms with Gasteiger partial charge in [-0.2, -0.15) is 0 Å². The van der Waals surface area contributed by atoms with Crippen LogP contribution in [-0.2, 0) is 0 Å². The maximum absolute atomic E-state index is 14.5. The Kier molecular flexibility index (Phi) is 5.55. The SMILES string of the molecule is CC=C(/N=C/C(C)(C)CC)c1ccc(C2CCCC2)c(F)c1. The molecular formula is C20H28FN. The number of hydrogen-bond donors (Lipinski definition) is 0. The van der Waals surface area contributed by atoms with Crippen LogP contribution >= 0.6 is 0 Å². The molecular weight excluding hydrogens is 273 g/mol. The van der Waals surface area contributed by atoms with Gasteiger partial charge >= 0.3 is 0 Å². The van der Waals surface area contributed by atoms with Crippen molar-refractivity contribution >= 4 is 11.9 Å². The summed E-state index contributed by atoms with van der Waals surface area (Å²) in [6, 6.07) is 5.63. The normalized spacial score (nSPS) is 17.6. The summed E-state index contributed by atoms with van der Waals surface area (Å²) < 4.78 is 14.5. The zero-order valence-corrected chi connectivity index (χ0v) is 14.3. The number of benzene rings is 1. The van der Waals surface area contributed by atoms with Crippen LogP contribution in [0.2, 0.25) is 0 Å². The smallest absolute Gasteiger partial charge is 0.127 e. The Balaban J connectivity index is 2.22. The lowest BCUT2D eigenvalue weighted by Crippen LogP contribution is -2.10. The van der Waals surface area contributed by atoms with Gasteiger partial charge in [0.15, 0.2) is 0 Å². The second-order valence-electron chi connectivity index (χ2n) is 6.99. The predicted octanol–water partition coefficient (Wildman–Crippen LogP) is 6.35. The average Bonchev–Trinajstić information content (AvgIpc) is 3.02. The van der Waals surface area contributed by atoms with Gasteiger partial charge < -0.3 is 0 Å². The van der Waals surface area contributed by atoms with Gasteiger partial charge in [-0.1, -0.05) is 51.8 Å². The molecule has 2 heteroatoms. The summed E-state index contributed by atoms with van der Waals surface area (Å²) in [5.74, 6) is 0.333. The summed E-state index contributed by atoms with van der Waals surface area (Å²) >= 11 is 0. The molecule has 2 rings (SSSR count). The molecule has 0 saturated heterocycles. The Hall–Kier alpha value is -1.44.